The number of ether oxygens (including phenoxy) is 1. The van der Waals surface area contributed by atoms with E-state index in [0.29, 0.717) is 11.1 Å². The summed E-state index contributed by atoms with van der Waals surface area (Å²) in [6, 6.07) is 11.7. The molecule has 2 heterocycles. The molecule has 4 rings (SSSR count). The van der Waals surface area contributed by atoms with E-state index in [-0.39, 0.29) is 30.0 Å². The average molecular weight is 399 g/mol. The number of fused-ring (bicyclic) bond motifs is 2. The van der Waals surface area contributed by atoms with Crippen LogP contribution in [0.2, 0.25) is 0 Å². The topological polar surface area (TPSA) is 93.9 Å². The molecule has 0 saturated heterocycles. The van der Waals surface area contributed by atoms with Crippen molar-refractivity contribution in [2.75, 3.05) is 13.2 Å². The Labute approximate surface area is 161 Å². The standard InChI is InChI=1S/C20H17NO6S/c1-13-6-7-15-14(12-27-17(15)10-13)11-19(22)26-9-8-21-20(23)16-4-2-3-5-18(16)28(21,24)25/h2-7,10,12H,8-9,11H2,1H3. The van der Waals surface area contributed by atoms with Gasteiger partial charge in [-0.05, 0) is 30.7 Å². The van der Waals surface area contributed by atoms with Gasteiger partial charge < -0.3 is 9.15 Å². The van der Waals surface area contributed by atoms with Crippen LogP contribution in [-0.2, 0) is 26.0 Å². The normalized spacial score (nSPS) is 15.0. The Morgan fingerprint density at radius 3 is 2.75 bits per heavy atom. The summed E-state index contributed by atoms with van der Waals surface area (Å²) in [5.74, 6) is -1.13. The van der Waals surface area contributed by atoms with Crippen molar-refractivity contribution in [3.8, 4) is 0 Å². The van der Waals surface area contributed by atoms with Crippen LogP contribution in [0.15, 0.2) is 58.0 Å². The van der Waals surface area contributed by atoms with Gasteiger partial charge in [0.2, 0.25) is 0 Å². The molecule has 0 atom stereocenters. The predicted molar refractivity (Wildman–Crippen MR) is 100 cm³/mol. The summed E-state index contributed by atoms with van der Waals surface area (Å²) in [6.07, 6.45) is 1.51. The van der Waals surface area contributed by atoms with Gasteiger partial charge in [-0.15, -0.1) is 0 Å². The van der Waals surface area contributed by atoms with E-state index >= 15 is 0 Å². The van der Waals surface area contributed by atoms with Crippen molar-refractivity contribution in [1.29, 1.82) is 0 Å². The molecule has 144 valence electrons. The summed E-state index contributed by atoms with van der Waals surface area (Å²) in [6.45, 7) is 1.50. The van der Waals surface area contributed by atoms with E-state index in [1.807, 2.05) is 25.1 Å². The number of hydrogen-bond donors (Lipinski definition) is 0. The smallest absolute Gasteiger partial charge is 0.310 e. The van der Waals surface area contributed by atoms with Crippen LogP contribution in [0.25, 0.3) is 11.0 Å². The Balaban J connectivity index is 1.39. The lowest BCUT2D eigenvalue weighted by atomic mass is 10.1. The van der Waals surface area contributed by atoms with Gasteiger partial charge in [0, 0.05) is 10.9 Å². The Kier molecular flexibility index (Phi) is 4.43. The molecule has 1 aliphatic heterocycles. The summed E-state index contributed by atoms with van der Waals surface area (Å²) in [7, 11) is -3.90. The van der Waals surface area contributed by atoms with Crippen LogP contribution >= 0.6 is 0 Å². The van der Waals surface area contributed by atoms with Gasteiger partial charge in [-0.2, -0.15) is 0 Å². The molecule has 0 radical (unpaired) electrons. The van der Waals surface area contributed by atoms with Crippen LogP contribution in [0.4, 0.5) is 0 Å². The Bertz CT molecular complexity index is 1190. The Morgan fingerprint density at radius 1 is 1.18 bits per heavy atom. The Morgan fingerprint density at radius 2 is 1.96 bits per heavy atom. The molecule has 1 aromatic heterocycles. The number of sulfonamides is 1. The molecule has 3 aromatic rings. The van der Waals surface area contributed by atoms with Crippen LogP contribution in [0.3, 0.4) is 0 Å². The third-order valence-corrected chi connectivity index (χ3v) is 6.46. The fraction of sp³-hybridized carbons (Fsp3) is 0.200. The lowest BCUT2D eigenvalue weighted by molar-refractivity contribution is -0.142. The summed E-state index contributed by atoms with van der Waals surface area (Å²) in [4.78, 5) is 24.4. The number of amides is 1. The van der Waals surface area contributed by atoms with E-state index in [1.165, 1.54) is 18.4 Å². The number of aryl methyl sites for hydroxylation is 1. The van der Waals surface area contributed by atoms with E-state index in [0.717, 1.165) is 15.3 Å². The second-order valence-electron chi connectivity index (χ2n) is 6.54. The first-order valence-corrected chi connectivity index (χ1v) is 10.1. The second kappa shape index (κ2) is 6.79. The molecule has 0 N–H and O–H groups in total. The summed E-state index contributed by atoms with van der Waals surface area (Å²) in [5, 5.41) is 0.829. The third-order valence-electron chi connectivity index (χ3n) is 4.62. The van der Waals surface area contributed by atoms with Gasteiger partial charge in [0.25, 0.3) is 15.9 Å². The second-order valence-corrected chi connectivity index (χ2v) is 8.37. The first-order chi connectivity index (χ1) is 13.4. The number of esters is 1. The molecular weight excluding hydrogens is 382 g/mol. The first kappa shape index (κ1) is 18.2. The van der Waals surface area contributed by atoms with Crippen LogP contribution in [0.1, 0.15) is 21.5 Å². The zero-order chi connectivity index (χ0) is 19.9. The van der Waals surface area contributed by atoms with E-state index in [2.05, 4.69) is 0 Å². The zero-order valence-electron chi connectivity index (χ0n) is 15.0. The van der Waals surface area contributed by atoms with Gasteiger partial charge in [-0.3, -0.25) is 9.59 Å². The quantitative estimate of drug-likeness (QED) is 0.613. The minimum atomic E-state index is -3.90. The van der Waals surface area contributed by atoms with Gasteiger partial charge in [0.05, 0.1) is 24.8 Å². The third kappa shape index (κ3) is 3.05. The highest BCUT2D eigenvalue weighted by Crippen LogP contribution is 2.29. The number of hydrogen-bond acceptors (Lipinski definition) is 6. The van der Waals surface area contributed by atoms with Crippen molar-refractivity contribution in [3.05, 3.63) is 65.4 Å². The number of furan rings is 1. The molecule has 1 aliphatic rings. The van der Waals surface area contributed by atoms with Gasteiger partial charge in [0.15, 0.2) is 0 Å². The van der Waals surface area contributed by atoms with E-state index < -0.39 is 21.9 Å². The number of carbonyl (C=O) groups is 2. The number of carbonyl (C=O) groups excluding carboxylic acids is 2. The molecule has 0 unspecified atom stereocenters. The van der Waals surface area contributed by atoms with Crippen molar-refractivity contribution in [2.45, 2.75) is 18.2 Å². The highest BCUT2D eigenvalue weighted by Gasteiger charge is 2.40. The van der Waals surface area contributed by atoms with Crippen molar-refractivity contribution < 1.29 is 27.2 Å². The maximum absolute atomic E-state index is 12.5. The molecular formula is C20H17NO6S. The zero-order valence-corrected chi connectivity index (χ0v) is 15.9. The summed E-state index contributed by atoms with van der Waals surface area (Å²) in [5.41, 5.74) is 2.56. The maximum Gasteiger partial charge on any atom is 0.310 e. The van der Waals surface area contributed by atoms with Crippen LogP contribution < -0.4 is 0 Å². The van der Waals surface area contributed by atoms with Gasteiger partial charge >= 0.3 is 5.97 Å². The lowest BCUT2D eigenvalue weighted by Gasteiger charge is -2.14. The summed E-state index contributed by atoms with van der Waals surface area (Å²) < 4.78 is 36.2. The molecule has 28 heavy (non-hydrogen) atoms. The van der Waals surface area contributed by atoms with E-state index in [4.69, 9.17) is 9.15 Å². The van der Waals surface area contributed by atoms with E-state index in [1.54, 1.807) is 12.1 Å². The summed E-state index contributed by atoms with van der Waals surface area (Å²) >= 11 is 0. The molecule has 2 aromatic carbocycles. The number of benzene rings is 2. The van der Waals surface area contributed by atoms with Crippen LogP contribution in [-0.4, -0.2) is 37.8 Å². The monoisotopic (exact) mass is 399 g/mol. The van der Waals surface area contributed by atoms with Crippen molar-refractivity contribution in [2.24, 2.45) is 0 Å². The lowest BCUT2D eigenvalue weighted by Crippen LogP contribution is -2.33. The SMILES string of the molecule is Cc1ccc2c(CC(=O)OCCN3C(=O)c4ccccc4S3(=O)=O)coc2c1. The molecule has 8 heteroatoms. The first-order valence-electron chi connectivity index (χ1n) is 8.66. The average Bonchev–Trinajstić information content (AvgIpc) is 3.13. The van der Waals surface area contributed by atoms with Gasteiger partial charge in [0.1, 0.15) is 17.1 Å². The van der Waals surface area contributed by atoms with Crippen molar-refractivity contribution in [1.82, 2.24) is 4.31 Å². The van der Waals surface area contributed by atoms with Gasteiger partial charge in [-0.1, -0.05) is 24.3 Å². The largest absolute Gasteiger partial charge is 0.464 e. The fourth-order valence-corrected chi connectivity index (χ4v) is 4.78. The highest BCUT2D eigenvalue weighted by molar-refractivity contribution is 7.90. The van der Waals surface area contributed by atoms with Crippen molar-refractivity contribution in [3.63, 3.8) is 0 Å². The minimum absolute atomic E-state index is 0.00299. The molecule has 0 spiro atoms. The molecule has 1 amide bonds. The molecule has 0 saturated carbocycles. The van der Waals surface area contributed by atoms with Gasteiger partial charge in [-0.25, -0.2) is 12.7 Å². The fourth-order valence-electron chi connectivity index (χ4n) is 3.23. The van der Waals surface area contributed by atoms with Crippen LogP contribution in [0, 0.1) is 6.92 Å². The van der Waals surface area contributed by atoms with Crippen LogP contribution in [0.5, 0.6) is 0 Å². The Hall–Kier alpha value is -3.13. The predicted octanol–water partition coefficient (Wildman–Crippen LogP) is 2.67. The highest BCUT2D eigenvalue weighted by atomic mass is 32.2. The molecule has 0 bridgehead atoms. The molecule has 0 fully saturated rings. The maximum atomic E-state index is 12.5. The number of rotatable bonds is 5. The van der Waals surface area contributed by atoms with E-state index in [9.17, 15) is 18.0 Å². The molecule has 7 nitrogen and oxygen atoms in total. The minimum Gasteiger partial charge on any atom is -0.464 e. The van der Waals surface area contributed by atoms with Crippen molar-refractivity contribution >= 4 is 32.9 Å². The number of nitrogens with zero attached hydrogens (tertiary/aromatic N) is 1. The molecule has 0 aliphatic carbocycles.